The standard InChI is InChI=1S/C18H29N3O/c1-14(21-11-9-19-10-12-21)13-15-5-7-16(8-6-15)20-17(22)18(2,3)4/h5-8,14,19H,9-13H2,1-4H3,(H,20,22). The number of anilines is 1. The Hall–Kier alpha value is -1.39. The van der Waals surface area contributed by atoms with Crippen LogP contribution in [0.1, 0.15) is 33.3 Å². The first-order valence-corrected chi connectivity index (χ1v) is 8.21. The second kappa shape index (κ2) is 7.25. The van der Waals surface area contributed by atoms with Crippen LogP contribution in [0.25, 0.3) is 0 Å². The van der Waals surface area contributed by atoms with Crippen LogP contribution in [0.4, 0.5) is 5.69 Å². The van der Waals surface area contributed by atoms with Gasteiger partial charge in [0.15, 0.2) is 0 Å². The number of rotatable bonds is 4. The van der Waals surface area contributed by atoms with Crippen molar-refractivity contribution in [2.24, 2.45) is 5.41 Å². The van der Waals surface area contributed by atoms with Crippen LogP contribution in [0.5, 0.6) is 0 Å². The summed E-state index contributed by atoms with van der Waals surface area (Å²) in [6, 6.07) is 8.80. The van der Waals surface area contributed by atoms with Gasteiger partial charge in [-0.05, 0) is 31.0 Å². The second-order valence-corrected chi connectivity index (χ2v) is 7.24. The molecule has 22 heavy (non-hydrogen) atoms. The Bertz CT molecular complexity index is 484. The zero-order valence-corrected chi connectivity index (χ0v) is 14.3. The Morgan fingerprint density at radius 3 is 2.36 bits per heavy atom. The lowest BCUT2D eigenvalue weighted by atomic mass is 9.95. The number of piperazine rings is 1. The fourth-order valence-corrected chi connectivity index (χ4v) is 2.64. The minimum absolute atomic E-state index is 0.0504. The smallest absolute Gasteiger partial charge is 0.229 e. The Morgan fingerprint density at radius 2 is 1.82 bits per heavy atom. The Morgan fingerprint density at radius 1 is 1.23 bits per heavy atom. The molecular formula is C18H29N3O. The number of benzene rings is 1. The van der Waals surface area contributed by atoms with E-state index in [0.717, 1.165) is 38.3 Å². The third-order valence-electron chi connectivity index (χ3n) is 4.20. The molecule has 0 radical (unpaired) electrons. The monoisotopic (exact) mass is 303 g/mol. The van der Waals surface area contributed by atoms with Crippen LogP contribution in [0.2, 0.25) is 0 Å². The summed E-state index contributed by atoms with van der Waals surface area (Å²) < 4.78 is 0. The van der Waals surface area contributed by atoms with E-state index in [4.69, 9.17) is 0 Å². The molecule has 1 heterocycles. The van der Waals surface area contributed by atoms with Gasteiger partial charge in [0.1, 0.15) is 0 Å². The van der Waals surface area contributed by atoms with Crippen LogP contribution in [0, 0.1) is 5.41 Å². The highest BCUT2D eigenvalue weighted by Crippen LogP contribution is 2.18. The van der Waals surface area contributed by atoms with Gasteiger partial charge in [0, 0.05) is 43.3 Å². The normalized spacial score (nSPS) is 18.0. The molecular weight excluding hydrogens is 274 g/mol. The summed E-state index contributed by atoms with van der Waals surface area (Å²) in [6.07, 6.45) is 1.05. The largest absolute Gasteiger partial charge is 0.326 e. The molecule has 0 aromatic heterocycles. The fourth-order valence-electron chi connectivity index (χ4n) is 2.64. The van der Waals surface area contributed by atoms with Gasteiger partial charge in [-0.2, -0.15) is 0 Å². The quantitative estimate of drug-likeness (QED) is 0.898. The van der Waals surface area contributed by atoms with E-state index < -0.39 is 0 Å². The summed E-state index contributed by atoms with van der Waals surface area (Å²) in [7, 11) is 0. The second-order valence-electron chi connectivity index (χ2n) is 7.24. The van der Waals surface area contributed by atoms with Crippen LogP contribution in [0.15, 0.2) is 24.3 Å². The lowest BCUT2D eigenvalue weighted by molar-refractivity contribution is -0.123. The van der Waals surface area contributed by atoms with E-state index in [9.17, 15) is 4.79 Å². The van der Waals surface area contributed by atoms with Crippen molar-refractivity contribution in [3.8, 4) is 0 Å². The van der Waals surface area contributed by atoms with Gasteiger partial charge in [-0.1, -0.05) is 32.9 Å². The van der Waals surface area contributed by atoms with E-state index in [2.05, 4.69) is 34.6 Å². The van der Waals surface area contributed by atoms with Crippen molar-refractivity contribution in [2.45, 2.75) is 40.2 Å². The third-order valence-corrected chi connectivity index (χ3v) is 4.20. The molecule has 1 unspecified atom stereocenters. The van der Waals surface area contributed by atoms with E-state index in [-0.39, 0.29) is 11.3 Å². The number of hydrogen-bond acceptors (Lipinski definition) is 3. The van der Waals surface area contributed by atoms with E-state index >= 15 is 0 Å². The highest BCUT2D eigenvalue weighted by molar-refractivity contribution is 5.94. The summed E-state index contributed by atoms with van der Waals surface area (Å²) >= 11 is 0. The predicted molar refractivity (Wildman–Crippen MR) is 92.1 cm³/mol. The van der Waals surface area contributed by atoms with Gasteiger partial charge in [-0.25, -0.2) is 0 Å². The summed E-state index contributed by atoms with van der Waals surface area (Å²) in [5.41, 5.74) is 1.83. The highest BCUT2D eigenvalue weighted by atomic mass is 16.2. The molecule has 1 aliphatic rings. The Kier molecular flexibility index (Phi) is 5.59. The maximum Gasteiger partial charge on any atom is 0.229 e. The molecule has 2 N–H and O–H groups in total. The molecule has 1 aromatic rings. The Labute approximate surface area is 134 Å². The van der Waals surface area contributed by atoms with Gasteiger partial charge < -0.3 is 10.6 Å². The summed E-state index contributed by atoms with van der Waals surface area (Å²) in [4.78, 5) is 14.5. The molecule has 1 amide bonds. The molecule has 2 rings (SSSR count). The van der Waals surface area contributed by atoms with Crippen LogP contribution < -0.4 is 10.6 Å². The molecule has 0 aliphatic carbocycles. The lowest BCUT2D eigenvalue weighted by Crippen LogP contribution is -2.48. The summed E-state index contributed by atoms with van der Waals surface area (Å²) in [5, 5.41) is 6.36. The van der Waals surface area contributed by atoms with Crippen molar-refractivity contribution in [1.29, 1.82) is 0 Å². The first-order chi connectivity index (χ1) is 10.4. The lowest BCUT2D eigenvalue weighted by Gasteiger charge is -2.32. The molecule has 4 nitrogen and oxygen atoms in total. The van der Waals surface area contributed by atoms with Crippen molar-refractivity contribution >= 4 is 11.6 Å². The van der Waals surface area contributed by atoms with Crippen LogP contribution >= 0.6 is 0 Å². The van der Waals surface area contributed by atoms with Crippen LogP contribution in [-0.4, -0.2) is 43.0 Å². The Balaban J connectivity index is 1.90. The van der Waals surface area contributed by atoms with E-state index in [1.54, 1.807) is 0 Å². The number of hydrogen-bond donors (Lipinski definition) is 2. The minimum atomic E-state index is -0.366. The minimum Gasteiger partial charge on any atom is -0.326 e. The average Bonchev–Trinajstić information content (AvgIpc) is 2.49. The molecule has 1 aromatic carbocycles. The number of carbonyl (C=O) groups excluding carboxylic acids is 1. The van der Waals surface area contributed by atoms with E-state index in [1.807, 2.05) is 32.9 Å². The van der Waals surface area contributed by atoms with Gasteiger partial charge in [0.2, 0.25) is 5.91 Å². The first-order valence-electron chi connectivity index (χ1n) is 8.21. The topological polar surface area (TPSA) is 44.4 Å². The molecule has 1 fully saturated rings. The summed E-state index contributed by atoms with van der Waals surface area (Å²) in [6.45, 7) is 12.5. The molecule has 0 spiro atoms. The molecule has 0 saturated carbocycles. The highest BCUT2D eigenvalue weighted by Gasteiger charge is 2.21. The molecule has 1 atom stereocenters. The molecule has 4 heteroatoms. The molecule has 1 saturated heterocycles. The predicted octanol–water partition coefficient (Wildman–Crippen LogP) is 2.51. The first kappa shape index (κ1) is 17.0. The average molecular weight is 303 g/mol. The van der Waals surface area contributed by atoms with E-state index in [0.29, 0.717) is 6.04 Å². The zero-order valence-electron chi connectivity index (χ0n) is 14.3. The van der Waals surface area contributed by atoms with Gasteiger partial charge in [-0.3, -0.25) is 9.69 Å². The molecule has 0 bridgehead atoms. The SMILES string of the molecule is CC(Cc1ccc(NC(=O)C(C)(C)C)cc1)N1CCNCC1. The number of amides is 1. The molecule has 122 valence electrons. The number of nitrogens with one attached hydrogen (secondary N) is 2. The van der Waals surface area contributed by atoms with Crippen LogP contribution in [-0.2, 0) is 11.2 Å². The van der Waals surface area contributed by atoms with E-state index in [1.165, 1.54) is 5.56 Å². The van der Waals surface area contributed by atoms with Crippen molar-refractivity contribution in [2.75, 3.05) is 31.5 Å². The van der Waals surface area contributed by atoms with Crippen molar-refractivity contribution in [3.63, 3.8) is 0 Å². The van der Waals surface area contributed by atoms with Crippen LogP contribution in [0.3, 0.4) is 0 Å². The van der Waals surface area contributed by atoms with Crippen molar-refractivity contribution in [1.82, 2.24) is 10.2 Å². The maximum absolute atomic E-state index is 12.0. The fraction of sp³-hybridized carbons (Fsp3) is 0.611. The van der Waals surface area contributed by atoms with Gasteiger partial charge in [0.25, 0.3) is 0 Å². The maximum atomic E-state index is 12.0. The zero-order chi connectivity index (χ0) is 16.2. The van der Waals surface area contributed by atoms with Crippen molar-refractivity contribution < 1.29 is 4.79 Å². The third kappa shape index (κ3) is 4.82. The summed E-state index contributed by atoms with van der Waals surface area (Å²) in [5.74, 6) is 0.0504. The molecule has 1 aliphatic heterocycles. The number of nitrogens with zero attached hydrogens (tertiary/aromatic N) is 1. The van der Waals surface area contributed by atoms with Crippen molar-refractivity contribution in [3.05, 3.63) is 29.8 Å². The number of carbonyl (C=O) groups is 1. The van der Waals surface area contributed by atoms with Gasteiger partial charge >= 0.3 is 0 Å². The van der Waals surface area contributed by atoms with Gasteiger partial charge in [0.05, 0.1) is 0 Å². The van der Waals surface area contributed by atoms with Gasteiger partial charge in [-0.15, -0.1) is 0 Å².